The van der Waals surface area contributed by atoms with E-state index < -0.39 is 6.17 Å². The molecule has 0 aliphatic carbocycles. The lowest BCUT2D eigenvalue weighted by Gasteiger charge is -2.22. The Balaban J connectivity index is 2.07. The van der Waals surface area contributed by atoms with E-state index in [2.05, 4.69) is 10.4 Å². The number of rotatable bonds is 2. The molecular formula is C10H16FN3. The molecule has 1 saturated heterocycles. The molecule has 2 heterocycles. The molecule has 0 saturated carbocycles. The number of halogens is 1. The Morgan fingerprint density at radius 2 is 2.57 bits per heavy atom. The predicted octanol–water partition coefficient (Wildman–Crippen LogP) is 1.84. The van der Waals surface area contributed by atoms with Crippen LogP contribution in [-0.2, 0) is 0 Å². The fraction of sp³-hybridized carbons (Fsp3) is 0.700. The maximum atomic E-state index is 12.9. The van der Waals surface area contributed by atoms with Gasteiger partial charge in [-0.3, -0.25) is 4.68 Å². The predicted molar refractivity (Wildman–Crippen MR) is 52.9 cm³/mol. The first kappa shape index (κ1) is 9.65. The zero-order valence-corrected chi connectivity index (χ0v) is 8.41. The van der Waals surface area contributed by atoms with Crippen LogP contribution in [0.25, 0.3) is 0 Å². The molecule has 4 heteroatoms. The average Bonchev–Trinajstić information content (AvgIpc) is 2.68. The molecule has 2 unspecified atom stereocenters. The molecule has 1 aliphatic rings. The van der Waals surface area contributed by atoms with Crippen molar-refractivity contribution >= 4 is 0 Å². The first-order valence-corrected chi connectivity index (χ1v) is 5.16. The molecule has 0 radical (unpaired) electrons. The van der Waals surface area contributed by atoms with Crippen LogP contribution >= 0.6 is 0 Å². The van der Waals surface area contributed by atoms with Gasteiger partial charge in [-0.05, 0) is 26.3 Å². The van der Waals surface area contributed by atoms with Crippen molar-refractivity contribution in [2.24, 2.45) is 0 Å². The SMILES string of the molecule is CC(F)c1cnn(C2CCCNC2)c1. The summed E-state index contributed by atoms with van der Waals surface area (Å²) in [6.45, 7) is 3.58. The van der Waals surface area contributed by atoms with Gasteiger partial charge in [0.1, 0.15) is 6.17 Å². The highest BCUT2D eigenvalue weighted by Crippen LogP contribution is 2.20. The molecule has 0 bridgehead atoms. The third kappa shape index (κ3) is 1.95. The minimum Gasteiger partial charge on any atom is -0.315 e. The molecule has 78 valence electrons. The average molecular weight is 197 g/mol. The highest BCUT2D eigenvalue weighted by atomic mass is 19.1. The fourth-order valence-corrected chi connectivity index (χ4v) is 1.82. The molecule has 1 N–H and O–H groups in total. The lowest BCUT2D eigenvalue weighted by Crippen LogP contribution is -2.31. The number of hydrogen-bond donors (Lipinski definition) is 1. The van der Waals surface area contributed by atoms with Crippen molar-refractivity contribution in [1.29, 1.82) is 0 Å². The van der Waals surface area contributed by atoms with E-state index in [1.165, 1.54) is 6.42 Å². The third-order valence-electron chi connectivity index (χ3n) is 2.73. The Morgan fingerprint density at radius 1 is 1.71 bits per heavy atom. The standard InChI is InChI=1S/C10H16FN3/c1-8(11)9-5-13-14(7-9)10-3-2-4-12-6-10/h5,7-8,10,12H,2-4,6H2,1H3. The van der Waals surface area contributed by atoms with E-state index in [0.29, 0.717) is 11.6 Å². The Labute approximate surface area is 83.3 Å². The van der Waals surface area contributed by atoms with Gasteiger partial charge in [-0.15, -0.1) is 0 Å². The van der Waals surface area contributed by atoms with E-state index >= 15 is 0 Å². The summed E-state index contributed by atoms with van der Waals surface area (Å²) < 4.78 is 14.8. The van der Waals surface area contributed by atoms with Crippen molar-refractivity contribution in [1.82, 2.24) is 15.1 Å². The number of aromatic nitrogens is 2. The van der Waals surface area contributed by atoms with E-state index in [9.17, 15) is 4.39 Å². The number of nitrogens with zero attached hydrogens (tertiary/aromatic N) is 2. The summed E-state index contributed by atoms with van der Waals surface area (Å²) in [5, 5.41) is 7.51. The molecule has 2 atom stereocenters. The fourth-order valence-electron chi connectivity index (χ4n) is 1.82. The normalized spacial score (nSPS) is 24.9. The quantitative estimate of drug-likeness (QED) is 0.784. The van der Waals surface area contributed by atoms with Gasteiger partial charge in [0.25, 0.3) is 0 Å². The summed E-state index contributed by atoms with van der Waals surface area (Å²) in [5.74, 6) is 0. The Morgan fingerprint density at radius 3 is 3.14 bits per heavy atom. The maximum Gasteiger partial charge on any atom is 0.125 e. The maximum absolute atomic E-state index is 12.9. The summed E-state index contributed by atoms with van der Waals surface area (Å²) in [6.07, 6.45) is 4.84. The summed E-state index contributed by atoms with van der Waals surface area (Å²) in [6, 6.07) is 0.399. The van der Waals surface area contributed by atoms with Crippen LogP contribution in [0.15, 0.2) is 12.4 Å². The molecule has 2 rings (SSSR count). The molecule has 1 aliphatic heterocycles. The van der Waals surface area contributed by atoms with Gasteiger partial charge in [0.15, 0.2) is 0 Å². The van der Waals surface area contributed by atoms with Crippen LogP contribution in [0.1, 0.15) is 37.5 Å². The van der Waals surface area contributed by atoms with Crippen LogP contribution < -0.4 is 5.32 Å². The van der Waals surface area contributed by atoms with Crippen LogP contribution in [0.5, 0.6) is 0 Å². The van der Waals surface area contributed by atoms with Crippen molar-refractivity contribution in [2.45, 2.75) is 32.0 Å². The van der Waals surface area contributed by atoms with Crippen molar-refractivity contribution in [2.75, 3.05) is 13.1 Å². The molecule has 3 nitrogen and oxygen atoms in total. The lowest BCUT2D eigenvalue weighted by molar-refractivity contribution is 0.344. The summed E-state index contributed by atoms with van der Waals surface area (Å²) in [5.41, 5.74) is 0.676. The van der Waals surface area contributed by atoms with Gasteiger partial charge >= 0.3 is 0 Å². The van der Waals surface area contributed by atoms with Crippen LogP contribution in [0.3, 0.4) is 0 Å². The van der Waals surface area contributed by atoms with Crippen LogP contribution in [0.4, 0.5) is 4.39 Å². The second-order valence-electron chi connectivity index (χ2n) is 3.87. The number of alkyl halides is 1. The Bertz CT molecular complexity index is 289. The molecule has 1 aromatic heterocycles. The Hall–Kier alpha value is -0.900. The zero-order valence-electron chi connectivity index (χ0n) is 8.41. The van der Waals surface area contributed by atoms with Crippen molar-refractivity contribution in [3.63, 3.8) is 0 Å². The van der Waals surface area contributed by atoms with E-state index in [4.69, 9.17) is 0 Å². The van der Waals surface area contributed by atoms with Crippen molar-refractivity contribution in [3.05, 3.63) is 18.0 Å². The number of piperidine rings is 1. The minimum atomic E-state index is -0.916. The van der Waals surface area contributed by atoms with Crippen molar-refractivity contribution in [3.8, 4) is 0 Å². The molecule has 1 aromatic rings. The van der Waals surface area contributed by atoms with Crippen LogP contribution in [0, 0.1) is 0 Å². The Kier molecular flexibility index (Phi) is 2.82. The van der Waals surface area contributed by atoms with E-state index in [0.717, 1.165) is 19.5 Å². The largest absolute Gasteiger partial charge is 0.315 e. The van der Waals surface area contributed by atoms with Gasteiger partial charge in [-0.2, -0.15) is 5.10 Å². The van der Waals surface area contributed by atoms with Crippen LogP contribution in [0.2, 0.25) is 0 Å². The van der Waals surface area contributed by atoms with Crippen LogP contribution in [-0.4, -0.2) is 22.9 Å². The van der Waals surface area contributed by atoms with Gasteiger partial charge < -0.3 is 5.32 Å². The van der Waals surface area contributed by atoms with Gasteiger partial charge in [-0.25, -0.2) is 4.39 Å². The van der Waals surface area contributed by atoms with E-state index in [1.54, 1.807) is 13.1 Å². The van der Waals surface area contributed by atoms with E-state index in [-0.39, 0.29) is 0 Å². The molecule has 14 heavy (non-hydrogen) atoms. The lowest BCUT2D eigenvalue weighted by atomic mass is 10.1. The smallest absolute Gasteiger partial charge is 0.125 e. The molecule has 1 fully saturated rings. The molecule has 0 spiro atoms. The highest BCUT2D eigenvalue weighted by Gasteiger charge is 2.16. The first-order chi connectivity index (χ1) is 6.77. The van der Waals surface area contributed by atoms with Crippen molar-refractivity contribution < 1.29 is 4.39 Å². The first-order valence-electron chi connectivity index (χ1n) is 5.16. The summed E-state index contributed by atoms with van der Waals surface area (Å²) in [7, 11) is 0. The summed E-state index contributed by atoms with van der Waals surface area (Å²) in [4.78, 5) is 0. The van der Waals surface area contributed by atoms with Gasteiger partial charge in [0, 0.05) is 18.3 Å². The second kappa shape index (κ2) is 4.09. The van der Waals surface area contributed by atoms with Gasteiger partial charge in [0.2, 0.25) is 0 Å². The topological polar surface area (TPSA) is 29.9 Å². The number of hydrogen-bond acceptors (Lipinski definition) is 2. The molecule has 0 amide bonds. The molecular weight excluding hydrogens is 181 g/mol. The van der Waals surface area contributed by atoms with Gasteiger partial charge in [0.05, 0.1) is 12.2 Å². The zero-order chi connectivity index (χ0) is 9.97. The molecule has 0 aromatic carbocycles. The van der Waals surface area contributed by atoms with E-state index in [1.807, 2.05) is 10.9 Å². The number of nitrogens with one attached hydrogen (secondary N) is 1. The third-order valence-corrected chi connectivity index (χ3v) is 2.73. The summed E-state index contributed by atoms with van der Waals surface area (Å²) >= 11 is 0. The van der Waals surface area contributed by atoms with Gasteiger partial charge in [-0.1, -0.05) is 0 Å². The minimum absolute atomic E-state index is 0.399. The highest BCUT2D eigenvalue weighted by molar-refractivity contribution is 5.07. The second-order valence-corrected chi connectivity index (χ2v) is 3.87. The monoisotopic (exact) mass is 197 g/mol.